The number of aliphatic hydroxyl groups is 1. The zero-order valence-corrected chi connectivity index (χ0v) is 12.9. The first-order valence-electron chi connectivity index (χ1n) is 6.94. The Balaban J connectivity index is 2.10. The van der Waals surface area contributed by atoms with Crippen molar-refractivity contribution < 1.29 is 23.0 Å². The predicted octanol–water partition coefficient (Wildman–Crippen LogP) is 0.857. The minimum Gasteiger partial charge on any atom is -0.491 e. The van der Waals surface area contributed by atoms with Crippen LogP contribution >= 0.6 is 0 Å². The molecule has 2 rings (SSSR count). The molecule has 0 spiro atoms. The van der Waals surface area contributed by atoms with Crippen molar-refractivity contribution >= 4 is 10.0 Å². The summed E-state index contributed by atoms with van der Waals surface area (Å²) in [6.45, 7) is 1.21. The molecule has 1 aromatic rings. The number of rotatable bonds is 7. The van der Waals surface area contributed by atoms with Crippen LogP contribution in [0.2, 0.25) is 0 Å². The normalized spacial score (nSPS) is 19.8. The van der Waals surface area contributed by atoms with E-state index in [9.17, 15) is 13.5 Å². The molecule has 0 bridgehead atoms. The number of methoxy groups -OCH3 is 1. The van der Waals surface area contributed by atoms with Gasteiger partial charge in [-0.3, -0.25) is 0 Å². The maximum absolute atomic E-state index is 12.5. The van der Waals surface area contributed by atoms with Crippen molar-refractivity contribution in [3.63, 3.8) is 0 Å². The lowest BCUT2D eigenvalue weighted by Gasteiger charge is -2.22. The summed E-state index contributed by atoms with van der Waals surface area (Å²) in [6, 6.07) is 6.01. The van der Waals surface area contributed by atoms with Crippen molar-refractivity contribution in [3.05, 3.63) is 24.3 Å². The second-order valence-corrected chi connectivity index (χ2v) is 6.80. The molecule has 6 nitrogen and oxygen atoms in total. The van der Waals surface area contributed by atoms with Crippen LogP contribution in [-0.2, 0) is 14.8 Å². The molecule has 7 heteroatoms. The molecule has 1 aromatic carbocycles. The number of ether oxygens (including phenoxy) is 2. The van der Waals surface area contributed by atoms with E-state index < -0.39 is 10.0 Å². The number of hydrogen-bond acceptors (Lipinski definition) is 5. The lowest BCUT2D eigenvalue weighted by molar-refractivity contribution is 0.146. The second-order valence-electron chi connectivity index (χ2n) is 4.91. The van der Waals surface area contributed by atoms with Gasteiger partial charge in [0.15, 0.2) is 0 Å². The molecule has 1 atom stereocenters. The van der Waals surface area contributed by atoms with Crippen LogP contribution < -0.4 is 4.74 Å². The maximum Gasteiger partial charge on any atom is 0.243 e. The number of benzene rings is 1. The molecule has 1 fully saturated rings. The van der Waals surface area contributed by atoms with Crippen LogP contribution in [0.4, 0.5) is 0 Å². The third-order valence-corrected chi connectivity index (χ3v) is 5.49. The second kappa shape index (κ2) is 7.22. The van der Waals surface area contributed by atoms with Gasteiger partial charge in [-0.15, -0.1) is 0 Å². The summed E-state index contributed by atoms with van der Waals surface area (Å²) in [5.41, 5.74) is 0. The predicted molar refractivity (Wildman–Crippen MR) is 77.8 cm³/mol. The topological polar surface area (TPSA) is 76.1 Å². The van der Waals surface area contributed by atoms with Gasteiger partial charge in [0.25, 0.3) is 0 Å². The van der Waals surface area contributed by atoms with Gasteiger partial charge < -0.3 is 14.6 Å². The molecule has 0 radical (unpaired) electrons. The monoisotopic (exact) mass is 315 g/mol. The fourth-order valence-corrected chi connectivity index (χ4v) is 4.08. The average molecular weight is 315 g/mol. The molecule has 1 aliphatic rings. The van der Waals surface area contributed by atoms with Gasteiger partial charge in [0, 0.05) is 19.7 Å². The minimum atomic E-state index is -3.55. The van der Waals surface area contributed by atoms with Crippen LogP contribution in [0.25, 0.3) is 0 Å². The Morgan fingerprint density at radius 2 is 2.00 bits per heavy atom. The Morgan fingerprint density at radius 3 is 2.62 bits per heavy atom. The van der Waals surface area contributed by atoms with Crippen molar-refractivity contribution in [1.82, 2.24) is 4.31 Å². The zero-order chi connectivity index (χ0) is 15.3. The average Bonchev–Trinajstić information content (AvgIpc) is 2.97. The van der Waals surface area contributed by atoms with Gasteiger partial charge in [-0.1, -0.05) is 0 Å². The summed E-state index contributed by atoms with van der Waals surface area (Å²) in [5, 5.41) is 9.27. The first kappa shape index (κ1) is 16.2. The van der Waals surface area contributed by atoms with Gasteiger partial charge >= 0.3 is 0 Å². The molecule has 0 aliphatic carbocycles. The molecular weight excluding hydrogens is 294 g/mol. The van der Waals surface area contributed by atoms with Crippen molar-refractivity contribution in [2.45, 2.75) is 23.8 Å². The molecule has 1 aliphatic heterocycles. The number of aliphatic hydroxyl groups excluding tert-OH is 1. The van der Waals surface area contributed by atoms with E-state index in [-0.39, 0.29) is 17.5 Å². The summed E-state index contributed by atoms with van der Waals surface area (Å²) in [4.78, 5) is 0.224. The summed E-state index contributed by atoms with van der Waals surface area (Å²) in [7, 11) is -1.96. The van der Waals surface area contributed by atoms with Gasteiger partial charge in [-0.25, -0.2) is 8.42 Å². The van der Waals surface area contributed by atoms with Crippen molar-refractivity contribution in [3.8, 4) is 5.75 Å². The Morgan fingerprint density at radius 1 is 1.29 bits per heavy atom. The van der Waals surface area contributed by atoms with E-state index in [0.29, 0.717) is 31.9 Å². The van der Waals surface area contributed by atoms with E-state index in [4.69, 9.17) is 9.47 Å². The fraction of sp³-hybridized carbons (Fsp3) is 0.571. The lowest BCUT2D eigenvalue weighted by atomic mass is 10.2. The van der Waals surface area contributed by atoms with Crippen molar-refractivity contribution in [1.29, 1.82) is 0 Å². The number of hydrogen-bond donors (Lipinski definition) is 1. The molecule has 0 aromatic heterocycles. The maximum atomic E-state index is 12.5. The first-order valence-corrected chi connectivity index (χ1v) is 8.38. The Bertz CT molecular complexity index is 543. The summed E-state index contributed by atoms with van der Waals surface area (Å²) in [6.07, 6.45) is 1.48. The quantitative estimate of drug-likeness (QED) is 0.755. The van der Waals surface area contributed by atoms with Crippen LogP contribution in [0.5, 0.6) is 5.75 Å². The van der Waals surface area contributed by atoms with Crippen LogP contribution in [0.1, 0.15) is 12.8 Å². The highest BCUT2D eigenvalue weighted by Crippen LogP contribution is 2.26. The van der Waals surface area contributed by atoms with Gasteiger partial charge in [0.2, 0.25) is 10.0 Å². The summed E-state index contributed by atoms with van der Waals surface area (Å²) in [5.74, 6) is 0.603. The van der Waals surface area contributed by atoms with Crippen LogP contribution in [0, 0.1) is 0 Å². The van der Waals surface area contributed by atoms with E-state index in [1.54, 1.807) is 19.2 Å². The Labute approximate surface area is 125 Å². The van der Waals surface area contributed by atoms with Gasteiger partial charge in [0.1, 0.15) is 12.4 Å². The third-order valence-electron chi connectivity index (χ3n) is 3.52. The summed E-state index contributed by atoms with van der Waals surface area (Å²) >= 11 is 0. The molecule has 0 saturated carbocycles. The van der Waals surface area contributed by atoms with E-state index in [0.717, 1.165) is 6.42 Å². The highest BCUT2D eigenvalue weighted by atomic mass is 32.2. The van der Waals surface area contributed by atoms with Gasteiger partial charge in [-0.05, 0) is 37.1 Å². The van der Waals surface area contributed by atoms with Crippen molar-refractivity contribution in [2.75, 3.05) is 33.5 Å². The molecule has 21 heavy (non-hydrogen) atoms. The van der Waals surface area contributed by atoms with Crippen LogP contribution in [0.15, 0.2) is 29.2 Å². The largest absolute Gasteiger partial charge is 0.491 e. The van der Waals surface area contributed by atoms with Crippen LogP contribution in [-0.4, -0.2) is 57.3 Å². The van der Waals surface area contributed by atoms with E-state index in [2.05, 4.69) is 0 Å². The molecule has 0 unspecified atom stereocenters. The van der Waals surface area contributed by atoms with E-state index in [1.165, 1.54) is 16.4 Å². The Kier molecular flexibility index (Phi) is 5.58. The highest BCUT2D eigenvalue weighted by Gasteiger charge is 2.34. The smallest absolute Gasteiger partial charge is 0.243 e. The molecule has 0 amide bonds. The molecule has 118 valence electrons. The SMILES string of the molecule is COCCOc1ccc(S(=O)(=O)N2CCC[C@@H]2CO)cc1. The molecule has 1 heterocycles. The van der Waals surface area contributed by atoms with Gasteiger partial charge in [0.05, 0.1) is 18.1 Å². The van der Waals surface area contributed by atoms with E-state index in [1.807, 2.05) is 0 Å². The molecule has 1 N–H and O–H groups in total. The molecular formula is C14H21NO5S. The van der Waals surface area contributed by atoms with Crippen LogP contribution in [0.3, 0.4) is 0 Å². The fourth-order valence-electron chi connectivity index (χ4n) is 2.39. The zero-order valence-electron chi connectivity index (χ0n) is 12.1. The first-order chi connectivity index (χ1) is 10.1. The Hall–Kier alpha value is -1.15. The van der Waals surface area contributed by atoms with E-state index >= 15 is 0 Å². The highest BCUT2D eigenvalue weighted by molar-refractivity contribution is 7.89. The lowest BCUT2D eigenvalue weighted by Crippen LogP contribution is -2.37. The molecule has 1 saturated heterocycles. The summed E-state index contributed by atoms with van der Waals surface area (Å²) < 4.78 is 36.7. The number of nitrogens with zero attached hydrogens (tertiary/aromatic N) is 1. The minimum absolute atomic E-state index is 0.141. The number of sulfonamides is 1. The van der Waals surface area contributed by atoms with Gasteiger partial charge in [-0.2, -0.15) is 4.31 Å². The standard InChI is InChI=1S/C14H21NO5S/c1-19-9-10-20-13-4-6-14(7-5-13)21(17,18)15-8-2-3-12(15)11-16/h4-7,12,16H,2-3,8-11H2,1H3/t12-/m1/s1. The third kappa shape index (κ3) is 3.74. The van der Waals surface area contributed by atoms with Crippen molar-refractivity contribution in [2.24, 2.45) is 0 Å².